The summed E-state index contributed by atoms with van der Waals surface area (Å²) < 4.78 is 12.0. The van der Waals surface area contributed by atoms with Gasteiger partial charge < -0.3 is 25.6 Å². The van der Waals surface area contributed by atoms with Gasteiger partial charge in [0.15, 0.2) is 11.6 Å². The predicted octanol–water partition coefficient (Wildman–Crippen LogP) is 3.53. The van der Waals surface area contributed by atoms with Gasteiger partial charge in [-0.1, -0.05) is 31.0 Å². The third-order valence-corrected chi connectivity index (χ3v) is 10.4. The lowest BCUT2D eigenvalue weighted by atomic mass is 9.35. The van der Waals surface area contributed by atoms with E-state index in [4.69, 9.17) is 15.2 Å². The molecule has 3 heterocycles. The summed E-state index contributed by atoms with van der Waals surface area (Å²) in [6.07, 6.45) is 6.64. The van der Waals surface area contributed by atoms with Crippen molar-refractivity contribution in [2.24, 2.45) is 10.8 Å². The maximum atomic E-state index is 13.2. The third-order valence-electron chi connectivity index (χ3n) is 10.4. The van der Waals surface area contributed by atoms with Gasteiger partial charge in [0.05, 0.1) is 24.3 Å². The standard InChI is InChI=1S/C37H40N6O8/c38-32-28(16-24(41-42-32)22-8-4-5-10-26(22)44)51-21-37-17-36(18-37,19-37)20-39-29(45)12-3-1-2-6-15-50-27-11-7-9-23-31(27)35(49)43(34(23)48)25-13-14-30(46)40-33(25)47/h4-5,7-11,16,25,44H,1-3,6,12-15,17-21H2,(H2,38,42)(H,39,45)(H,40,46,47). The number of aromatic hydroxyl groups is 1. The Morgan fingerprint density at radius 2 is 1.69 bits per heavy atom. The first kappa shape index (κ1) is 33.9. The number of ether oxygens (including phenoxy) is 2. The number of nitrogens with two attached hydrogens (primary N) is 1. The summed E-state index contributed by atoms with van der Waals surface area (Å²) in [6, 6.07) is 12.4. The molecule has 1 saturated heterocycles. The largest absolute Gasteiger partial charge is 0.507 e. The molecule has 1 unspecified atom stereocenters. The van der Waals surface area contributed by atoms with E-state index in [1.165, 1.54) is 6.07 Å². The fourth-order valence-electron chi connectivity index (χ4n) is 8.03. The van der Waals surface area contributed by atoms with Gasteiger partial charge in [-0.2, -0.15) is 0 Å². The number of amides is 5. The van der Waals surface area contributed by atoms with Crippen molar-refractivity contribution in [3.8, 4) is 28.5 Å². The number of aromatic nitrogens is 2. The fourth-order valence-corrected chi connectivity index (χ4v) is 8.03. The minimum Gasteiger partial charge on any atom is -0.507 e. The van der Waals surface area contributed by atoms with E-state index < -0.39 is 29.7 Å². The smallest absolute Gasteiger partial charge is 0.266 e. The van der Waals surface area contributed by atoms with Gasteiger partial charge in [-0.25, -0.2) is 0 Å². The lowest BCUT2D eigenvalue weighted by molar-refractivity contribution is -0.215. The number of piperidine rings is 1. The zero-order valence-electron chi connectivity index (χ0n) is 28.1. The van der Waals surface area contributed by atoms with Crippen LogP contribution in [0.3, 0.4) is 0 Å². The SMILES string of the molecule is Nc1nnc(-c2ccccc2O)cc1OCC12CC(CNC(=O)CCCCCCOc3cccc4c3C(=O)N(C3CCC(=O)NC3=O)C4=O)(C1)C2. The lowest BCUT2D eigenvalue weighted by Gasteiger charge is -2.70. The molecule has 3 aromatic rings. The molecule has 2 bridgehead atoms. The average Bonchev–Trinajstić information content (AvgIpc) is 3.33. The van der Waals surface area contributed by atoms with E-state index >= 15 is 0 Å². The number of nitrogen functional groups attached to an aromatic ring is 1. The Morgan fingerprint density at radius 1 is 0.922 bits per heavy atom. The molecule has 5 N–H and O–H groups in total. The molecule has 266 valence electrons. The monoisotopic (exact) mass is 696 g/mol. The number of fused-ring (bicyclic) bond motifs is 1. The average molecular weight is 697 g/mol. The number of carbonyl (C=O) groups excluding carboxylic acids is 5. The Bertz CT molecular complexity index is 1890. The Kier molecular flexibility index (Phi) is 9.08. The van der Waals surface area contributed by atoms with Crippen molar-refractivity contribution in [3.05, 3.63) is 59.7 Å². The number of nitrogens with one attached hydrogen (secondary N) is 2. The number of nitrogens with zero attached hydrogens (tertiary/aromatic N) is 3. The first-order valence-corrected chi connectivity index (χ1v) is 17.4. The van der Waals surface area contributed by atoms with Crippen molar-refractivity contribution in [2.45, 2.75) is 70.3 Å². The molecule has 2 aliphatic heterocycles. The number of hydrogen-bond donors (Lipinski definition) is 4. The van der Waals surface area contributed by atoms with Crippen LogP contribution >= 0.6 is 0 Å². The van der Waals surface area contributed by atoms with E-state index in [0.717, 1.165) is 43.4 Å². The van der Waals surface area contributed by atoms with Gasteiger partial charge in [0, 0.05) is 36.4 Å². The van der Waals surface area contributed by atoms with Crippen molar-refractivity contribution in [2.75, 3.05) is 25.5 Å². The van der Waals surface area contributed by atoms with Crippen LogP contribution in [0.15, 0.2) is 48.5 Å². The van der Waals surface area contributed by atoms with E-state index in [2.05, 4.69) is 20.8 Å². The van der Waals surface area contributed by atoms with Gasteiger partial charge >= 0.3 is 0 Å². The van der Waals surface area contributed by atoms with Crippen LogP contribution in [0.4, 0.5) is 5.82 Å². The highest BCUT2D eigenvalue weighted by Gasteiger charge is 2.67. The lowest BCUT2D eigenvalue weighted by Crippen LogP contribution is -2.67. The maximum Gasteiger partial charge on any atom is 0.266 e. The molecular formula is C37H40N6O8. The topological polar surface area (TPSA) is 203 Å². The number of carbonyl (C=O) groups is 5. The number of benzene rings is 2. The molecule has 4 fully saturated rings. The molecule has 5 amide bonds. The summed E-state index contributed by atoms with van der Waals surface area (Å²) in [7, 11) is 0. The molecule has 8 rings (SSSR count). The van der Waals surface area contributed by atoms with Crippen molar-refractivity contribution in [3.63, 3.8) is 0 Å². The van der Waals surface area contributed by atoms with Gasteiger partial charge in [-0.15, -0.1) is 10.2 Å². The van der Waals surface area contributed by atoms with Crippen molar-refractivity contribution in [1.29, 1.82) is 0 Å². The van der Waals surface area contributed by atoms with Crippen LogP contribution in [0.5, 0.6) is 17.2 Å². The van der Waals surface area contributed by atoms with Crippen LogP contribution < -0.4 is 25.8 Å². The van der Waals surface area contributed by atoms with E-state index in [9.17, 15) is 29.1 Å². The molecule has 14 nitrogen and oxygen atoms in total. The number of rotatable bonds is 15. The Balaban J connectivity index is 0.779. The molecule has 3 saturated carbocycles. The fraction of sp³-hybridized carbons (Fsp3) is 0.432. The highest BCUT2D eigenvalue weighted by Crippen LogP contribution is 2.73. The molecule has 14 heteroatoms. The number of phenolic OH excluding ortho intramolecular Hbond substituents is 1. The third kappa shape index (κ3) is 6.69. The van der Waals surface area contributed by atoms with Crippen molar-refractivity contribution >= 4 is 35.4 Å². The van der Waals surface area contributed by atoms with Crippen LogP contribution in [0.1, 0.15) is 84.9 Å². The summed E-state index contributed by atoms with van der Waals surface area (Å²) in [5.41, 5.74) is 7.58. The second-order valence-corrected chi connectivity index (χ2v) is 14.2. The van der Waals surface area contributed by atoms with Gasteiger partial charge in [-0.3, -0.25) is 34.2 Å². The van der Waals surface area contributed by atoms with Crippen LogP contribution in [0.2, 0.25) is 0 Å². The molecule has 1 aromatic heterocycles. The van der Waals surface area contributed by atoms with Crippen LogP contribution in [0.25, 0.3) is 11.3 Å². The summed E-state index contributed by atoms with van der Waals surface area (Å²) in [5, 5.41) is 23.6. The summed E-state index contributed by atoms with van der Waals surface area (Å²) in [6.45, 7) is 1.49. The van der Waals surface area contributed by atoms with Crippen LogP contribution in [-0.4, -0.2) is 75.5 Å². The molecule has 0 radical (unpaired) electrons. The first-order chi connectivity index (χ1) is 24.6. The van der Waals surface area contributed by atoms with Crippen molar-refractivity contribution in [1.82, 2.24) is 25.7 Å². The number of hydrogen-bond acceptors (Lipinski definition) is 11. The highest BCUT2D eigenvalue weighted by molar-refractivity contribution is 6.24. The first-order valence-electron chi connectivity index (χ1n) is 17.4. The van der Waals surface area contributed by atoms with E-state index in [1.807, 2.05) is 6.07 Å². The van der Waals surface area contributed by atoms with Gasteiger partial charge in [0.25, 0.3) is 11.8 Å². The van der Waals surface area contributed by atoms with Crippen LogP contribution in [0, 0.1) is 10.8 Å². The Hall–Kier alpha value is -5.53. The zero-order valence-corrected chi connectivity index (χ0v) is 28.1. The molecule has 51 heavy (non-hydrogen) atoms. The van der Waals surface area contributed by atoms with E-state index in [1.54, 1.807) is 36.4 Å². The van der Waals surface area contributed by atoms with Gasteiger partial charge in [-0.05, 0) is 68.2 Å². The van der Waals surface area contributed by atoms with Crippen molar-refractivity contribution < 1.29 is 38.6 Å². The molecular weight excluding hydrogens is 656 g/mol. The Labute approximate surface area is 294 Å². The van der Waals surface area contributed by atoms with Gasteiger partial charge in [0.2, 0.25) is 17.7 Å². The second kappa shape index (κ2) is 13.6. The number of imide groups is 2. The minimum absolute atomic E-state index is 0.0391. The quantitative estimate of drug-likeness (QED) is 0.134. The molecule has 2 aromatic carbocycles. The predicted molar refractivity (Wildman–Crippen MR) is 182 cm³/mol. The molecule has 3 aliphatic carbocycles. The van der Waals surface area contributed by atoms with Crippen LogP contribution in [-0.2, 0) is 14.4 Å². The minimum atomic E-state index is -1.03. The zero-order chi connectivity index (χ0) is 35.8. The highest BCUT2D eigenvalue weighted by atomic mass is 16.5. The van der Waals surface area contributed by atoms with Gasteiger partial charge in [0.1, 0.15) is 23.2 Å². The number of para-hydroxylation sites is 1. The number of unbranched alkanes of at least 4 members (excludes halogenated alkanes) is 3. The summed E-state index contributed by atoms with van der Waals surface area (Å²) >= 11 is 0. The Morgan fingerprint density at radius 3 is 2.47 bits per heavy atom. The number of anilines is 1. The molecule has 5 aliphatic rings. The molecule has 0 spiro atoms. The second-order valence-electron chi connectivity index (χ2n) is 14.2. The molecule has 1 atom stereocenters. The summed E-state index contributed by atoms with van der Waals surface area (Å²) in [4.78, 5) is 63.6. The maximum absolute atomic E-state index is 13.2. The normalized spacial score (nSPS) is 23.2. The number of phenols is 1. The van der Waals surface area contributed by atoms with E-state index in [-0.39, 0.29) is 52.3 Å². The van der Waals surface area contributed by atoms with E-state index in [0.29, 0.717) is 55.4 Å². The summed E-state index contributed by atoms with van der Waals surface area (Å²) in [5.74, 6) is -1.17.